The van der Waals surface area contributed by atoms with Crippen LogP contribution >= 0.6 is 11.3 Å². The largest absolute Gasteiger partial charge is 0.491 e. The molecule has 2 amide bonds. The van der Waals surface area contributed by atoms with Crippen molar-refractivity contribution in [2.75, 3.05) is 19.7 Å². The zero-order valence-electron chi connectivity index (χ0n) is 18.6. The first kappa shape index (κ1) is 22.0. The van der Waals surface area contributed by atoms with E-state index in [4.69, 9.17) is 4.74 Å². The maximum Gasteiger partial charge on any atom is 0.230 e. The lowest BCUT2D eigenvalue weighted by Gasteiger charge is -2.36. The topological polar surface area (TPSA) is 119 Å². The zero-order chi connectivity index (χ0) is 23.9. The number of carbonyl (C=O) groups is 2. The summed E-state index contributed by atoms with van der Waals surface area (Å²) in [7, 11) is 0. The second kappa shape index (κ2) is 8.53. The van der Waals surface area contributed by atoms with Crippen molar-refractivity contribution >= 4 is 33.4 Å². The number of nitriles is 2. The van der Waals surface area contributed by atoms with Crippen LogP contribution in [0.15, 0.2) is 30.5 Å². The Morgan fingerprint density at radius 3 is 2.59 bits per heavy atom. The van der Waals surface area contributed by atoms with Gasteiger partial charge in [-0.25, -0.2) is 0 Å². The van der Waals surface area contributed by atoms with Crippen molar-refractivity contribution in [2.24, 2.45) is 5.41 Å². The van der Waals surface area contributed by atoms with Gasteiger partial charge in [-0.05, 0) is 36.8 Å². The number of likely N-dealkylation sites (tertiary alicyclic amines) is 1. The molecule has 2 saturated heterocycles. The number of hydrogen-bond acceptors (Lipinski definition) is 8. The molecule has 2 aliphatic heterocycles. The fourth-order valence-corrected chi connectivity index (χ4v) is 5.44. The molecule has 4 heterocycles. The molecule has 5 rings (SSSR count). The van der Waals surface area contributed by atoms with E-state index in [1.54, 1.807) is 18.3 Å². The highest BCUT2D eigenvalue weighted by Crippen LogP contribution is 2.41. The number of ether oxygens (including phenoxy) is 1. The Labute approximate surface area is 200 Å². The van der Waals surface area contributed by atoms with Crippen molar-refractivity contribution in [2.45, 2.75) is 26.3 Å². The van der Waals surface area contributed by atoms with Crippen LogP contribution < -0.4 is 10.1 Å². The van der Waals surface area contributed by atoms with E-state index in [1.807, 2.05) is 19.1 Å². The van der Waals surface area contributed by atoms with Gasteiger partial charge in [-0.1, -0.05) is 0 Å². The number of carbonyl (C=O) groups excluding carboxylic acids is 2. The first-order chi connectivity index (χ1) is 16.4. The third kappa shape index (κ3) is 3.79. The monoisotopic (exact) mass is 471 g/mol. The summed E-state index contributed by atoms with van der Waals surface area (Å²) in [6.07, 6.45) is 2.22. The Bertz CT molecular complexity index is 1390. The highest BCUT2D eigenvalue weighted by Gasteiger charge is 2.38. The Balaban J connectivity index is 1.56. The third-order valence-corrected chi connectivity index (χ3v) is 7.42. The van der Waals surface area contributed by atoms with E-state index in [1.165, 1.54) is 16.2 Å². The van der Waals surface area contributed by atoms with Crippen LogP contribution in [0, 0.1) is 35.0 Å². The molecule has 170 valence electrons. The summed E-state index contributed by atoms with van der Waals surface area (Å²) in [4.78, 5) is 30.8. The maximum atomic E-state index is 12.1. The summed E-state index contributed by atoms with van der Waals surface area (Å²) in [5.74, 6) is 0.328. The quantitative estimate of drug-likeness (QED) is 0.548. The number of imide groups is 1. The number of rotatable bonds is 6. The van der Waals surface area contributed by atoms with E-state index in [0.29, 0.717) is 24.4 Å². The van der Waals surface area contributed by atoms with Crippen LogP contribution in [0.3, 0.4) is 0 Å². The van der Waals surface area contributed by atoms with Gasteiger partial charge in [-0.3, -0.25) is 19.5 Å². The van der Waals surface area contributed by atoms with Crippen molar-refractivity contribution < 1.29 is 14.3 Å². The normalized spacial score (nSPS) is 16.9. The molecule has 0 radical (unpaired) electrons. The van der Waals surface area contributed by atoms with E-state index >= 15 is 0 Å². The number of amides is 2. The smallest absolute Gasteiger partial charge is 0.230 e. The minimum Gasteiger partial charge on any atom is -0.491 e. The Morgan fingerprint density at radius 1 is 1.18 bits per heavy atom. The van der Waals surface area contributed by atoms with Gasteiger partial charge >= 0.3 is 0 Å². The fraction of sp³-hybridized carbons (Fsp3) is 0.320. The highest BCUT2D eigenvalue weighted by atomic mass is 32.1. The van der Waals surface area contributed by atoms with E-state index in [-0.39, 0.29) is 37.8 Å². The molecule has 1 aromatic carbocycles. The molecule has 0 bridgehead atoms. The van der Waals surface area contributed by atoms with Gasteiger partial charge in [0, 0.05) is 48.1 Å². The summed E-state index contributed by atoms with van der Waals surface area (Å²) >= 11 is 1.47. The second-order valence-electron chi connectivity index (χ2n) is 8.73. The molecule has 0 saturated carbocycles. The molecule has 0 spiro atoms. The predicted octanol–water partition coefficient (Wildman–Crippen LogP) is 3.28. The molecular formula is C25H21N5O3S. The SMILES string of the molecule is Cc1cc(C#N)cc(-c2ccnc3cc(CN4C(=O)CCC4=O)sc23)c1OCC1(C#N)CNC1. The number of thiophene rings is 1. The number of nitrogens with one attached hydrogen (secondary N) is 1. The van der Waals surface area contributed by atoms with Crippen molar-refractivity contribution in [3.05, 3.63) is 46.5 Å². The molecule has 2 aromatic heterocycles. The van der Waals surface area contributed by atoms with Gasteiger partial charge in [0.1, 0.15) is 17.8 Å². The van der Waals surface area contributed by atoms with Crippen LogP contribution in [0.25, 0.3) is 21.3 Å². The van der Waals surface area contributed by atoms with Crippen LogP contribution in [0.2, 0.25) is 0 Å². The van der Waals surface area contributed by atoms with Gasteiger partial charge in [0.05, 0.1) is 34.5 Å². The summed E-state index contributed by atoms with van der Waals surface area (Å²) in [6.45, 7) is 3.53. The molecule has 0 atom stereocenters. The van der Waals surface area contributed by atoms with Crippen LogP contribution in [-0.4, -0.2) is 41.4 Å². The van der Waals surface area contributed by atoms with E-state index in [9.17, 15) is 20.1 Å². The minimum absolute atomic E-state index is 0.152. The van der Waals surface area contributed by atoms with E-state index in [0.717, 1.165) is 31.8 Å². The Morgan fingerprint density at radius 2 is 1.94 bits per heavy atom. The van der Waals surface area contributed by atoms with Crippen molar-refractivity contribution in [3.63, 3.8) is 0 Å². The van der Waals surface area contributed by atoms with Crippen LogP contribution in [0.1, 0.15) is 28.8 Å². The first-order valence-electron chi connectivity index (χ1n) is 10.9. The van der Waals surface area contributed by atoms with Crippen LogP contribution in [0.5, 0.6) is 5.75 Å². The first-order valence-corrected chi connectivity index (χ1v) is 11.8. The van der Waals surface area contributed by atoms with Gasteiger partial charge in [0.25, 0.3) is 0 Å². The molecule has 0 aliphatic carbocycles. The molecule has 2 aliphatic rings. The molecule has 8 nitrogen and oxygen atoms in total. The summed E-state index contributed by atoms with van der Waals surface area (Å²) in [6, 6.07) is 11.9. The lowest BCUT2D eigenvalue weighted by Crippen LogP contribution is -2.55. The molecule has 34 heavy (non-hydrogen) atoms. The number of pyridine rings is 1. The molecule has 1 N–H and O–H groups in total. The number of aromatic nitrogens is 1. The summed E-state index contributed by atoms with van der Waals surface area (Å²) < 4.78 is 7.11. The molecule has 2 fully saturated rings. The fourth-order valence-electron chi connectivity index (χ4n) is 4.31. The number of aryl methyl sites for hydroxylation is 1. The van der Waals surface area contributed by atoms with Gasteiger partial charge in [-0.15, -0.1) is 11.3 Å². The lowest BCUT2D eigenvalue weighted by atomic mass is 9.84. The van der Waals surface area contributed by atoms with Crippen LogP contribution in [0.4, 0.5) is 0 Å². The number of fused-ring (bicyclic) bond motifs is 1. The van der Waals surface area contributed by atoms with Gasteiger partial charge in [-0.2, -0.15) is 10.5 Å². The third-order valence-electron chi connectivity index (χ3n) is 6.28. The average Bonchev–Trinajstić information content (AvgIpc) is 3.37. The minimum atomic E-state index is -0.559. The molecule has 3 aromatic rings. The average molecular weight is 472 g/mol. The second-order valence-corrected chi connectivity index (χ2v) is 9.86. The lowest BCUT2D eigenvalue weighted by molar-refractivity contribution is -0.138. The van der Waals surface area contributed by atoms with Crippen molar-refractivity contribution in [3.8, 4) is 29.0 Å². The number of hydrogen-bond donors (Lipinski definition) is 1. The summed E-state index contributed by atoms with van der Waals surface area (Å²) in [5.41, 5.74) is 3.12. The Kier molecular flexibility index (Phi) is 5.52. The predicted molar refractivity (Wildman–Crippen MR) is 126 cm³/mol. The van der Waals surface area contributed by atoms with Gasteiger partial charge in [0.15, 0.2) is 0 Å². The molecule has 0 unspecified atom stereocenters. The van der Waals surface area contributed by atoms with Gasteiger partial charge < -0.3 is 10.1 Å². The van der Waals surface area contributed by atoms with Crippen molar-refractivity contribution in [1.82, 2.24) is 15.2 Å². The molecular weight excluding hydrogens is 450 g/mol. The van der Waals surface area contributed by atoms with E-state index < -0.39 is 5.41 Å². The Hall–Kier alpha value is -3.79. The van der Waals surface area contributed by atoms with Crippen molar-refractivity contribution in [1.29, 1.82) is 10.5 Å². The number of benzene rings is 1. The van der Waals surface area contributed by atoms with E-state index in [2.05, 4.69) is 22.4 Å². The highest BCUT2D eigenvalue weighted by molar-refractivity contribution is 7.19. The summed E-state index contributed by atoms with van der Waals surface area (Å²) in [5, 5.41) is 22.3. The maximum absolute atomic E-state index is 12.1. The van der Waals surface area contributed by atoms with Crippen LogP contribution in [-0.2, 0) is 16.1 Å². The number of nitrogens with zero attached hydrogens (tertiary/aromatic N) is 4. The standard InChI is InChI=1S/C25H21N5O3S/c1-15-6-16(9-26)7-19(23(15)33-14-25(11-27)12-28-13-25)18-4-5-29-20-8-17(34-24(18)20)10-30-21(31)2-3-22(30)32/h4-8,28H,2-3,10,12-14H2,1H3. The van der Waals surface area contributed by atoms with Gasteiger partial charge in [0.2, 0.25) is 11.8 Å². The zero-order valence-corrected chi connectivity index (χ0v) is 19.4. The molecule has 9 heteroatoms.